The Morgan fingerprint density at radius 3 is 2.27 bits per heavy atom. The third-order valence-corrected chi connectivity index (χ3v) is 7.20. The van der Waals surface area contributed by atoms with Gasteiger partial charge in [0, 0.05) is 29.0 Å². The first-order valence-corrected chi connectivity index (χ1v) is 11.7. The lowest BCUT2D eigenvalue weighted by Gasteiger charge is -2.35. The fourth-order valence-corrected chi connectivity index (χ4v) is 5.84. The van der Waals surface area contributed by atoms with Crippen molar-refractivity contribution in [2.24, 2.45) is 0 Å². The van der Waals surface area contributed by atoms with Gasteiger partial charge in [0.25, 0.3) is 0 Å². The lowest BCUT2D eigenvalue weighted by atomic mass is 9.81. The lowest BCUT2D eigenvalue weighted by Crippen LogP contribution is -2.25. The number of aryl methyl sites for hydroxylation is 1. The average molecular weight is 429 g/mol. The van der Waals surface area contributed by atoms with E-state index in [2.05, 4.69) is 59.7 Å². The quantitative estimate of drug-likeness (QED) is 0.260. The van der Waals surface area contributed by atoms with Crippen molar-refractivity contribution in [1.29, 1.82) is 0 Å². The second kappa shape index (κ2) is 10.1. The van der Waals surface area contributed by atoms with Gasteiger partial charge in [-0.2, -0.15) is 0 Å². The van der Waals surface area contributed by atoms with Crippen molar-refractivity contribution < 1.29 is 14.3 Å². The molecule has 0 amide bonds. The smallest absolute Gasteiger partial charge is 0.188 e. The van der Waals surface area contributed by atoms with E-state index in [9.17, 15) is 4.79 Å². The van der Waals surface area contributed by atoms with Crippen LogP contribution >= 0.6 is 8.58 Å². The Hall–Kier alpha value is -1.70. The minimum absolute atomic E-state index is 0.0582. The summed E-state index contributed by atoms with van der Waals surface area (Å²) in [5.41, 5.74) is 4.40. The number of ketones is 1. The summed E-state index contributed by atoms with van der Waals surface area (Å²) in [6.07, 6.45) is 2.06. The lowest BCUT2D eigenvalue weighted by molar-refractivity contribution is 0.0486. The van der Waals surface area contributed by atoms with E-state index in [1.165, 1.54) is 16.7 Å². The Morgan fingerprint density at radius 2 is 1.70 bits per heavy atom. The van der Waals surface area contributed by atoms with E-state index in [-0.39, 0.29) is 23.1 Å². The van der Waals surface area contributed by atoms with Crippen LogP contribution in [0.4, 0.5) is 0 Å². The number of ether oxygens (including phenoxy) is 2. The fraction of sp³-hybridized carbons (Fsp3) is 0.500. The first-order chi connectivity index (χ1) is 14.0. The maximum atomic E-state index is 12.3. The zero-order chi connectivity index (χ0) is 22.5. The molecule has 0 N–H and O–H groups in total. The molecule has 0 aromatic heterocycles. The summed E-state index contributed by atoms with van der Waals surface area (Å²) in [7, 11) is 2.11. The molecule has 0 aliphatic rings. The number of carbonyl (C=O) groups excluding carboxylic acids is 1. The van der Waals surface area contributed by atoms with E-state index < -0.39 is 0 Å². The van der Waals surface area contributed by atoms with Crippen LogP contribution in [0.2, 0.25) is 0 Å². The number of Topliss-reactive ketones (excluding diaryl/α,β-unsaturated/α-hetero) is 1. The van der Waals surface area contributed by atoms with Gasteiger partial charge in [0.15, 0.2) is 12.6 Å². The van der Waals surface area contributed by atoms with Gasteiger partial charge in [0.2, 0.25) is 0 Å². The zero-order valence-electron chi connectivity index (χ0n) is 19.8. The molecule has 2 aromatic carbocycles. The van der Waals surface area contributed by atoms with E-state index >= 15 is 0 Å². The number of rotatable bonds is 9. The molecule has 0 aliphatic carbocycles. The van der Waals surface area contributed by atoms with Crippen molar-refractivity contribution in [3.8, 4) is 5.75 Å². The van der Waals surface area contributed by atoms with Crippen LogP contribution in [0, 0.1) is 6.92 Å². The van der Waals surface area contributed by atoms with Crippen LogP contribution in [0.1, 0.15) is 81.4 Å². The normalized spacial score (nSPS) is 14.1. The number of hydrogen-bond donors (Lipinski definition) is 0. The molecular weight excluding hydrogens is 391 g/mol. The molecule has 4 heteroatoms. The molecule has 2 unspecified atom stereocenters. The molecule has 0 radical (unpaired) electrons. The molecule has 3 nitrogen and oxygen atoms in total. The van der Waals surface area contributed by atoms with Gasteiger partial charge in [-0.25, -0.2) is 0 Å². The first kappa shape index (κ1) is 24.6. The van der Waals surface area contributed by atoms with E-state index in [1.807, 2.05) is 18.2 Å². The highest BCUT2D eigenvalue weighted by molar-refractivity contribution is 7.48. The molecular formula is C26H37O3P. The SMILES string of the molecule is CCCC(C)(Pc1ccccc1C(C)=O)c1cc(C)cc(C(C)(C)C)c1OCOC. The van der Waals surface area contributed by atoms with Crippen molar-refractivity contribution in [2.75, 3.05) is 13.9 Å². The maximum absolute atomic E-state index is 12.3. The van der Waals surface area contributed by atoms with Gasteiger partial charge in [-0.1, -0.05) is 91.6 Å². The number of methoxy groups -OCH3 is 1. The number of carbonyl (C=O) groups is 1. The standard InChI is InChI=1S/C26H37O3P/c1-9-14-26(7,30-23-13-11-10-12-20(23)19(3)27)22-16-18(2)15-21(25(4,5)6)24(22)29-17-28-8/h10-13,15-16,30H,9,14,17H2,1-8H3. The molecule has 164 valence electrons. The summed E-state index contributed by atoms with van der Waals surface area (Å²) < 4.78 is 11.5. The van der Waals surface area contributed by atoms with Crippen LogP contribution in [0.3, 0.4) is 0 Å². The minimum atomic E-state index is -0.143. The first-order valence-electron chi connectivity index (χ1n) is 10.7. The molecule has 0 saturated heterocycles. The Bertz CT molecular complexity index is 882. The van der Waals surface area contributed by atoms with Gasteiger partial charge >= 0.3 is 0 Å². The van der Waals surface area contributed by atoms with Gasteiger partial charge < -0.3 is 9.47 Å². The molecule has 0 aliphatic heterocycles. The Kier molecular flexibility index (Phi) is 8.25. The summed E-state index contributed by atoms with van der Waals surface area (Å²) in [5.74, 6) is 1.05. The molecule has 2 atom stereocenters. The van der Waals surface area contributed by atoms with Crippen LogP contribution in [0.5, 0.6) is 5.75 Å². The molecule has 0 fully saturated rings. The molecule has 2 rings (SSSR count). The number of hydrogen-bond acceptors (Lipinski definition) is 3. The molecule has 0 heterocycles. The van der Waals surface area contributed by atoms with Crippen LogP contribution in [-0.4, -0.2) is 19.7 Å². The molecule has 2 aromatic rings. The van der Waals surface area contributed by atoms with Crippen LogP contribution in [0.15, 0.2) is 36.4 Å². The van der Waals surface area contributed by atoms with Crippen LogP contribution in [-0.2, 0) is 15.3 Å². The van der Waals surface area contributed by atoms with Crippen LogP contribution in [0.25, 0.3) is 0 Å². The highest BCUT2D eigenvalue weighted by Gasteiger charge is 2.34. The van der Waals surface area contributed by atoms with Crippen molar-refractivity contribution in [1.82, 2.24) is 0 Å². The van der Waals surface area contributed by atoms with Crippen LogP contribution < -0.4 is 10.0 Å². The average Bonchev–Trinajstić information content (AvgIpc) is 2.66. The fourth-order valence-electron chi connectivity index (χ4n) is 3.97. The highest BCUT2D eigenvalue weighted by atomic mass is 31.1. The number of benzene rings is 2. The summed E-state index contributed by atoms with van der Waals surface area (Å²) in [4.78, 5) is 12.3. The summed E-state index contributed by atoms with van der Waals surface area (Å²) in [6.45, 7) is 15.2. The van der Waals surface area contributed by atoms with Gasteiger partial charge in [-0.3, -0.25) is 4.79 Å². The highest BCUT2D eigenvalue weighted by Crippen LogP contribution is 2.51. The van der Waals surface area contributed by atoms with E-state index in [1.54, 1.807) is 14.0 Å². The molecule has 0 spiro atoms. The topological polar surface area (TPSA) is 35.5 Å². The minimum Gasteiger partial charge on any atom is -0.467 e. The Labute approximate surface area is 184 Å². The van der Waals surface area contributed by atoms with Crippen molar-refractivity contribution in [3.05, 3.63) is 58.7 Å². The van der Waals surface area contributed by atoms with Gasteiger partial charge in [0.1, 0.15) is 5.75 Å². The Morgan fingerprint density at radius 1 is 1.07 bits per heavy atom. The molecule has 0 bridgehead atoms. The van der Waals surface area contributed by atoms with E-state index in [4.69, 9.17) is 9.47 Å². The second-order valence-electron chi connectivity index (χ2n) is 9.30. The second-order valence-corrected chi connectivity index (χ2v) is 11.2. The van der Waals surface area contributed by atoms with Gasteiger partial charge in [0.05, 0.1) is 0 Å². The zero-order valence-corrected chi connectivity index (χ0v) is 20.8. The summed E-state index contributed by atoms with van der Waals surface area (Å²) >= 11 is 0. The molecule has 0 saturated carbocycles. The summed E-state index contributed by atoms with van der Waals surface area (Å²) in [5, 5.41) is 0.979. The third kappa shape index (κ3) is 5.71. The van der Waals surface area contributed by atoms with Crippen molar-refractivity contribution >= 4 is 19.7 Å². The molecule has 30 heavy (non-hydrogen) atoms. The Balaban J connectivity index is 2.71. The maximum Gasteiger partial charge on any atom is 0.188 e. The summed E-state index contributed by atoms with van der Waals surface area (Å²) in [6, 6.07) is 12.5. The largest absolute Gasteiger partial charge is 0.467 e. The predicted octanol–water partition coefficient (Wildman–Crippen LogP) is 6.50. The van der Waals surface area contributed by atoms with Crippen molar-refractivity contribution in [2.45, 2.75) is 71.9 Å². The third-order valence-electron chi connectivity index (χ3n) is 5.42. The van der Waals surface area contributed by atoms with Gasteiger partial charge in [-0.15, -0.1) is 0 Å². The van der Waals surface area contributed by atoms with E-state index in [0.29, 0.717) is 8.58 Å². The van der Waals surface area contributed by atoms with Gasteiger partial charge in [-0.05, 0) is 31.0 Å². The van der Waals surface area contributed by atoms with Crippen molar-refractivity contribution in [3.63, 3.8) is 0 Å². The monoisotopic (exact) mass is 428 g/mol. The predicted molar refractivity (Wildman–Crippen MR) is 129 cm³/mol. The van der Waals surface area contributed by atoms with E-state index in [0.717, 1.165) is 29.5 Å².